The summed E-state index contributed by atoms with van der Waals surface area (Å²) >= 11 is 0. The van der Waals surface area contributed by atoms with Crippen LogP contribution < -0.4 is 27.8 Å². The minimum Gasteiger partial charge on any atom is -0.344 e. The van der Waals surface area contributed by atoms with Crippen LogP contribution in [0.3, 0.4) is 0 Å². The summed E-state index contributed by atoms with van der Waals surface area (Å²) in [6.45, 7) is 0.840. The molecule has 0 aromatic heterocycles. The molecule has 0 unspecified atom stereocenters. The highest BCUT2D eigenvalue weighted by atomic mass is 16.2. The number of hydrogen-bond acceptors (Lipinski definition) is 5. The lowest BCUT2D eigenvalue weighted by Gasteiger charge is -2.12. The van der Waals surface area contributed by atoms with Gasteiger partial charge in [0, 0.05) is 0 Å². The number of rotatable bonds is 7. The summed E-state index contributed by atoms with van der Waals surface area (Å²) in [5.74, 6) is 2.07. The van der Waals surface area contributed by atoms with E-state index in [0.29, 0.717) is 13.0 Å². The molecule has 0 saturated heterocycles. The minimum atomic E-state index is -0.533. The van der Waals surface area contributed by atoms with Gasteiger partial charge in [0.15, 0.2) is 0 Å². The molecule has 1 atom stereocenters. The Kier molecular flexibility index (Phi) is 7.58. The summed E-state index contributed by atoms with van der Waals surface area (Å²) in [6.07, 6.45) is 5.75. The number of nitrogens with two attached hydrogens (primary N) is 3. The topological polar surface area (TPSA) is 119 Å². The molecule has 0 fully saturated rings. The largest absolute Gasteiger partial charge is 0.344 e. The first-order chi connectivity index (χ1) is 7.07. The Bertz CT molecular complexity index is 223. The molecule has 0 heterocycles. The van der Waals surface area contributed by atoms with Crippen LogP contribution in [0.2, 0.25) is 0 Å². The maximum absolute atomic E-state index is 11.2. The highest BCUT2D eigenvalue weighted by Crippen LogP contribution is 1.93. The molecule has 6 nitrogen and oxygen atoms in total. The average molecular weight is 213 g/mol. The van der Waals surface area contributed by atoms with Crippen molar-refractivity contribution < 1.29 is 4.79 Å². The molecule has 0 aromatic rings. The van der Waals surface area contributed by atoms with Crippen LogP contribution in [0.4, 0.5) is 0 Å². The lowest BCUT2D eigenvalue weighted by Crippen LogP contribution is -2.46. The van der Waals surface area contributed by atoms with Gasteiger partial charge in [0.05, 0.1) is 12.6 Å². The smallest absolute Gasteiger partial charge is 0.237 e. The Morgan fingerprint density at radius 2 is 2.07 bits per heavy atom. The van der Waals surface area contributed by atoms with E-state index in [1.165, 1.54) is 0 Å². The molecule has 8 N–H and O–H groups in total. The summed E-state index contributed by atoms with van der Waals surface area (Å²) in [5, 5.41) is 5.33. The highest BCUT2D eigenvalue weighted by Gasteiger charge is 2.11. The fraction of sp³-hybridized carbons (Fsp3) is 0.667. The first kappa shape index (κ1) is 13.9. The summed E-state index contributed by atoms with van der Waals surface area (Å²) in [7, 11) is 0. The van der Waals surface area contributed by atoms with Gasteiger partial charge in [-0.15, -0.1) is 6.42 Å². The molecule has 0 aromatic carbocycles. The van der Waals surface area contributed by atoms with Gasteiger partial charge in [-0.1, -0.05) is 5.92 Å². The molecule has 0 aliphatic rings. The van der Waals surface area contributed by atoms with Crippen molar-refractivity contribution >= 4 is 5.91 Å². The molecule has 15 heavy (non-hydrogen) atoms. The van der Waals surface area contributed by atoms with Crippen molar-refractivity contribution in [2.75, 3.05) is 13.1 Å². The third kappa shape index (κ3) is 7.90. The SMILES string of the molecule is C#CCNC(=O)[C@H](N)CCCNC(N)N. The Morgan fingerprint density at radius 1 is 1.40 bits per heavy atom. The van der Waals surface area contributed by atoms with E-state index in [9.17, 15) is 4.79 Å². The Labute approximate surface area is 89.9 Å². The van der Waals surface area contributed by atoms with Gasteiger partial charge in [0.1, 0.15) is 6.29 Å². The van der Waals surface area contributed by atoms with Crippen molar-refractivity contribution in [1.82, 2.24) is 10.6 Å². The van der Waals surface area contributed by atoms with E-state index >= 15 is 0 Å². The molecule has 1 amide bonds. The average Bonchev–Trinajstić information content (AvgIpc) is 2.20. The van der Waals surface area contributed by atoms with Crippen molar-refractivity contribution in [2.45, 2.75) is 25.2 Å². The van der Waals surface area contributed by atoms with Gasteiger partial charge in [-0.25, -0.2) is 0 Å². The van der Waals surface area contributed by atoms with Crippen LogP contribution >= 0.6 is 0 Å². The van der Waals surface area contributed by atoms with E-state index < -0.39 is 12.3 Å². The zero-order valence-electron chi connectivity index (χ0n) is 8.70. The molecule has 0 rings (SSSR count). The minimum absolute atomic E-state index is 0.207. The van der Waals surface area contributed by atoms with E-state index in [-0.39, 0.29) is 12.5 Å². The second-order valence-electron chi connectivity index (χ2n) is 3.15. The number of terminal acetylenes is 1. The third-order valence-electron chi connectivity index (χ3n) is 1.77. The lowest BCUT2D eigenvalue weighted by molar-refractivity contribution is -0.122. The van der Waals surface area contributed by atoms with E-state index in [1.807, 2.05) is 0 Å². The number of carbonyl (C=O) groups excluding carboxylic acids is 1. The molecular weight excluding hydrogens is 194 g/mol. The van der Waals surface area contributed by atoms with Crippen LogP contribution in [-0.4, -0.2) is 31.3 Å². The van der Waals surface area contributed by atoms with E-state index in [1.54, 1.807) is 0 Å². The van der Waals surface area contributed by atoms with Crippen molar-refractivity contribution in [3.05, 3.63) is 0 Å². The first-order valence-corrected chi connectivity index (χ1v) is 4.79. The maximum atomic E-state index is 11.2. The number of nitrogens with one attached hydrogen (secondary N) is 2. The molecule has 0 aliphatic carbocycles. The van der Waals surface area contributed by atoms with Crippen molar-refractivity contribution in [2.24, 2.45) is 17.2 Å². The Morgan fingerprint density at radius 3 is 2.60 bits per heavy atom. The molecular formula is C9H19N5O. The quantitative estimate of drug-likeness (QED) is 0.184. The predicted molar refractivity (Wildman–Crippen MR) is 59.2 cm³/mol. The van der Waals surface area contributed by atoms with Gasteiger partial charge < -0.3 is 22.5 Å². The molecule has 86 valence electrons. The molecule has 6 heteroatoms. The Balaban J connectivity index is 3.52. The van der Waals surface area contributed by atoms with Gasteiger partial charge in [0.25, 0.3) is 0 Å². The van der Waals surface area contributed by atoms with Crippen molar-refractivity contribution in [1.29, 1.82) is 0 Å². The monoisotopic (exact) mass is 213 g/mol. The predicted octanol–water partition coefficient (Wildman–Crippen LogP) is -2.37. The van der Waals surface area contributed by atoms with E-state index in [0.717, 1.165) is 6.42 Å². The second-order valence-corrected chi connectivity index (χ2v) is 3.15. The summed E-state index contributed by atoms with van der Waals surface area (Å²) in [6, 6.07) is -0.533. The maximum Gasteiger partial charge on any atom is 0.237 e. The van der Waals surface area contributed by atoms with Crippen molar-refractivity contribution in [3.8, 4) is 12.3 Å². The van der Waals surface area contributed by atoms with Crippen LogP contribution in [0.25, 0.3) is 0 Å². The van der Waals surface area contributed by atoms with Gasteiger partial charge in [0.2, 0.25) is 5.91 Å². The Hall–Kier alpha value is -1.13. The van der Waals surface area contributed by atoms with Crippen LogP contribution in [0.15, 0.2) is 0 Å². The highest BCUT2D eigenvalue weighted by molar-refractivity contribution is 5.81. The molecule has 0 radical (unpaired) electrons. The molecule has 0 saturated carbocycles. The van der Waals surface area contributed by atoms with Crippen molar-refractivity contribution in [3.63, 3.8) is 0 Å². The van der Waals surface area contributed by atoms with Gasteiger partial charge in [-0.05, 0) is 19.4 Å². The van der Waals surface area contributed by atoms with Crippen LogP contribution in [0.1, 0.15) is 12.8 Å². The summed E-state index contributed by atoms with van der Waals surface area (Å²) in [5.41, 5.74) is 16.1. The zero-order chi connectivity index (χ0) is 11.7. The lowest BCUT2D eigenvalue weighted by atomic mass is 10.1. The molecule has 0 aliphatic heterocycles. The van der Waals surface area contributed by atoms with Gasteiger partial charge >= 0.3 is 0 Å². The van der Waals surface area contributed by atoms with Crippen LogP contribution in [-0.2, 0) is 4.79 Å². The van der Waals surface area contributed by atoms with Crippen LogP contribution in [0.5, 0.6) is 0 Å². The fourth-order valence-electron chi connectivity index (χ4n) is 0.991. The number of carbonyl (C=O) groups is 1. The van der Waals surface area contributed by atoms with Gasteiger partial charge in [-0.2, -0.15) is 0 Å². The first-order valence-electron chi connectivity index (χ1n) is 4.79. The normalized spacial score (nSPS) is 12.2. The number of amides is 1. The second kappa shape index (κ2) is 8.20. The standard InChI is InChI=1S/C9H19N5O/c1-2-5-13-8(15)7(10)4-3-6-14-9(11)12/h1,7,9,14H,3-6,10-12H2,(H,13,15)/t7-/m1/s1. The van der Waals surface area contributed by atoms with Crippen LogP contribution in [0, 0.1) is 12.3 Å². The fourth-order valence-corrected chi connectivity index (χ4v) is 0.991. The molecule has 0 bridgehead atoms. The third-order valence-corrected chi connectivity index (χ3v) is 1.77. The molecule has 0 spiro atoms. The van der Waals surface area contributed by atoms with Gasteiger partial charge in [-0.3, -0.25) is 10.1 Å². The van der Waals surface area contributed by atoms with E-state index in [2.05, 4.69) is 16.6 Å². The van der Waals surface area contributed by atoms with E-state index in [4.69, 9.17) is 23.6 Å². The summed E-state index contributed by atoms with van der Waals surface area (Å²) < 4.78 is 0. The zero-order valence-corrected chi connectivity index (χ0v) is 8.70. The number of hydrogen-bond donors (Lipinski definition) is 5. The summed E-state index contributed by atoms with van der Waals surface area (Å²) in [4.78, 5) is 11.2.